The minimum absolute atomic E-state index is 0.0455. The van der Waals surface area contributed by atoms with Crippen LogP contribution in [-0.2, 0) is 9.53 Å². The first kappa shape index (κ1) is 20.0. The van der Waals surface area contributed by atoms with Crippen molar-refractivity contribution in [1.82, 2.24) is 0 Å². The lowest BCUT2D eigenvalue weighted by molar-refractivity contribution is -0.274. The third kappa shape index (κ3) is 6.46. The minimum Gasteiger partial charge on any atom is -0.452 e. The number of hydrogen-bond acceptors (Lipinski definition) is 5. The van der Waals surface area contributed by atoms with Gasteiger partial charge in [0.15, 0.2) is 12.4 Å². The topological polar surface area (TPSA) is 81.7 Å². The third-order valence-electron chi connectivity index (χ3n) is 3.21. The van der Waals surface area contributed by atoms with E-state index < -0.39 is 30.6 Å². The van der Waals surface area contributed by atoms with Crippen molar-refractivity contribution < 1.29 is 37.0 Å². The van der Waals surface area contributed by atoms with Crippen LogP contribution in [-0.4, -0.2) is 30.6 Å². The molecule has 0 fully saturated rings. The monoisotopic (exact) mass is 381 g/mol. The number of benzene rings is 2. The summed E-state index contributed by atoms with van der Waals surface area (Å²) in [6.45, 7) is 0.775. The standard InChI is InChI=1S/C18H14F3NO5/c1-11(23)13-3-2-4-14(9-13)22-16(24)10-26-17(25)12-5-7-15(8-6-12)27-18(19,20)21/h2-9H,10H2,1H3,(H,22,24). The van der Waals surface area contributed by atoms with Crippen LogP contribution in [0.3, 0.4) is 0 Å². The first-order valence-corrected chi connectivity index (χ1v) is 7.58. The van der Waals surface area contributed by atoms with E-state index in [4.69, 9.17) is 4.74 Å². The highest BCUT2D eigenvalue weighted by molar-refractivity contribution is 5.98. The molecule has 0 saturated carbocycles. The predicted molar refractivity (Wildman–Crippen MR) is 88.5 cm³/mol. The number of ether oxygens (including phenoxy) is 2. The second-order valence-electron chi connectivity index (χ2n) is 5.33. The summed E-state index contributed by atoms with van der Waals surface area (Å²) in [7, 11) is 0. The van der Waals surface area contributed by atoms with Crippen molar-refractivity contribution in [2.24, 2.45) is 0 Å². The number of anilines is 1. The zero-order valence-corrected chi connectivity index (χ0v) is 14.0. The number of hydrogen-bond donors (Lipinski definition) is 1. The Balaban J connectivity index is 1.88. The van der Waals surface area contributed by atoms with Crippen LogP contribution < -0.4 is 10.1 Å². The predicted octanol–water partition coefficient (Wildman–Crippen LogP) is 3.58. The van der Waals surface area contributed by atoms with Crippen LogP contribution >= 0.6 is 0 Å². The number of nitrogens with one attached hydrogen (secondary N) is 1. The smallest absolute Gasteiger partial charge is 0.452 e. The first-order valence-electron chi connectivity index (χ1n) is 7.58. The number of carbonyl (C=O) groups is 3. The molecule has 142 valence electrons. The van der Waals surface area contributed by atoms with Gasteiger partial charge in [0, 0.05) is 11.3 Å². The van der Waals surface area contributed by atoms with E-state index in [1.165, 1.54) is 13.0 Å². The van der Waals surface area contributed by atoms with Gasteiger partial charge in [0.05, 0.1) is 5.56 Å². The zero-order chi connectivity index (χ0) is 20.0. The largest absolute Gasteiger partial charge is 0.573 e. The van der Waals surface area contributed by atoms with Gasteiger partial charge in [0.2, 0.25) is 0 Å². The molecule has 2 rings (SSSR count). The molecule has 1 N–H and O–H groups in total. The molecule has 0 aliphatic rings. The molecule has 0 heterocycles. The Hall–Kier alpha value is -3.36. The number of amides is 1. The second-order valence-corrected chi connectivity index (χ2v) is 5.33. The van der Waals surface area contributed by atoms with Gasteiger partial charge in [-0.3, -0.25) is 9.59 Å². The summed E-state index contributed by atoms with van der Waals surface area (Å²) in [5.41, 5.74) is 0.722. The summed E-state index contributed by atoms with van der Waals surface area (Å²) in [5, 5.41) is 2.47. The lowest BCUT2D eigenvalue weighted by atomic mass is 10.1. The Bertz CT molecular complexity index is 847. The highest BCUT2D eigenvalue weighted by Crippen LogP contribution is 2.22. The van der Waals surface area contributed by atoms with Crippen molar-refractivity contribution in [3.05, 3.63) is 59.7 Å². The normalized spacial score (nSPS) is 10.8. The molecule has 0 spiro atoms. The van der Waals surface area contributed by atoms with Gasteiger partial charge in [-0.2, -0.15) is 0 Å². The van der Waals surface area contributed by atoms with Crippen LogP contribution in [0.1, 0.15) is 27.6 Å². The van der Waals surface area contributed by atoms with Crippen molar-refractivity contribution in [3.63, 3.8) is 0 Å². The summed E-state index contributed by atoms with van der Waals surface area (Å²) in [4.78, 5) is 35.0. The molecule has 27 heavy (non-hydrogen) atoms. The lowest BCUT2D eigenvalue weighted by Gasteiger charge is -2.09. The summed E-state index contributed by atoms with van der Waals surface area (Å²) >= 11 is 0. The molecule has 0 aliphatic carbocycles. The molecule has 0 atom stereocenters. The van der Waals surface area contributed by atoms with Crippen LogP contribution in [0.4, 0.5) is 18.9 Å². The summed E-state index contributed by atoms with van der Waals surface area (Å²) in [6, 6.07) is 10.3. The van der Waals surface area contributed by atoms with E-state index in [9.17, 15) is 27.6 Å². The maximum atomic E-state index is 12.1. The Morgan fingerprint density at radius 2 is 1.67 bits per heavy atom. The van der Waals surface area contributed by atoms with Crippen molar-refractivity contribution >= 4 is 23.3 Å². The fraction of sp³-hybridized carbons (Fsp3) is 0.167. The molecule has 1 amide bonds. The molecular formula is C18H14F3NO5. The van der Waals surface area contributed by atoms with Crippen LogP contribution in [0.15, 0.2) is 48.5 Å². The van der Waals surface area contributed by atoms with Gasteiger partial charge in [-0.15, -0.1) is 13.2 Å². The number of alkyl halides is 3. The van der Waals surface area contributed by atoms with E-state index in [2.05, 4.69) is 10.1 Å². The van der Waals surface area contributed by atoms with Gasteiger partial charge in [0.25, 0.3) is 5.91 Å². The molecule has 0 bridgehead atoms. The molecule has 0 aromatic heterocycles. The van der Waals surface area contributed by atoms with E-state index in [0.717, 1.165) is 24.3 Å². The van der Waals surface area contributed by atoms with Crippen LogP contribution in [0, 0.1) is 0 Å². The summed E-state index contributed by atoms with van der Waals surface area (Å²) in [6.07, 6.45) is -4.83. The van der Waals surface area contributed by atoms with E-state index >= 15 is 0 Å². The van der Waals surface area contributed by atoms with E-state index in [1.54, 1.807) is 18.2 Å². The SMILES string of the molecule is CC(=O)c1cccc(NC(=O)COC(=O)c2ccc(OC(F)(F)F)cc2)c1. The Labute approximate surface area is 151 Å². The number of Topliss-reactive ketones (excluding diaryl/α,β-unsaturated/α-hetero) is 1. The van der Waals surface area contributed by atoms with E-state index in [-0.39, 0.29) is 11.3 Å². The number of carbonyl (C=O) groups excluding carboxylic acids is 3. The zero-order valence-electron chi connectivity index (χ0n) is 14.0. The van der Waals surface area contributed by atoms with Gasteiger partial charge >= 0.3 is 12.3 Å². The number of rotatable bonds is 6. The second kappa shape index (κ2) is 8.35. The van der Waals surface area contributed by atoms with E-state index in [1.807, 2.05) is 0 Å². The van der Waals surface area contributed by atoms with E-state index in [0.29, 0.717) is 11.3 Å². The van der Waals surface area contributed by atoms with Gasteiger partial charge < -0.3 is 14.8 Å². The van der Waals surface area contributed by atoms with Crippen molar-refractivity contribution in [2.45, 2.75) is 13.3 Å². The summed E-state index contributed by atoms with van der Waals surface area (Å²) < 4.78 is 44.7. The molecule has 2 aromatic rings. The number of ketones is 1. The van der Waals surface area contributed by atoms with Crippen LogP contribution in [0.5, 0.6) is 5.75 Å². The highest BCUT2D eigenvalue weighted by atomic mass is 19.4. The lowest BCUT2D eigenvalue weighted by Crippen LogP contribution is -2.21. The maximum Gasteiger partial charge on any atom is 0.573 e. The fourth-order valence-electron chi connectivity index (χ4n) is 2.02. The molecule has 6 nitrogen and oxygen atoms in total. The third-order valence-corrected chi connectivity index (χ3v) is 3.21. The Morgan fingerprint density at radius 3 is 2.26 bits per heavy atom. The number of esters is 1. The maximum absolute atomic E-state index is 12.1. The average molecular weight is 381 g/mol. The molecule has 9 heteroatoms. The highest BCUT2D eigenvalue weighted by Gasteiger charge is 2.31. The van der Waals surface area contributed by atoms with Crippen molar-refractivity contribution in [2.75, 3.05) is 11.9 Å². The van der Waals surface area contributed by atoms with Gasteiger partial charge in [-0.05, 0) is 43.3 Å². The minimum atomic E-state index is -4.83. The average Bonchev–Trinajstić information content (AvgIpc) is 2.59. The van der Waals surface area contributed by atoms with Gasteiger partial charge in [0.1, 0.15) is 5.75 Å². The molecule has 0 unspecified atom stereocenters. The Kier molecular flexibility index (Phi) is 6.17. The molecule has 0 radical (unpaired) electrons. The molecule has 0 saturated heterocycles. The first-order chi connectivity index (χ1) is 12.6. The van der Waals surface area contributed by atoms with Crippen molar-refractivity contribution in [3.8, 4) is 5.75 Å². The van der Waals surface area contributed by atoms with Gasteiger partial charge in [-0.25, -0.2) is 4.79 Å². The van der Waals surface area contributed by atoms with Gasteiger partial charge in [-0.1, -0.05) is 12.1 Å². The fourth-order valence-corrected chi connectivity index (χ4v) is 2.02. The molecular weight excluding hydrogens is 367 g/mol. The van der Waals surface area contributed by atoms with Crippen LogP contribution in [0.25, 0.3) is 0 Å². The molecule has 0 aliphatic heterocycles. The quantitative estimate of drug-likeness (QED) is 0.611. The summed E-state index contributed by atoms with van der Waals surface area (Å²) in [5.74, 6) is -2.18. The van der Waals surface area contributed by atoms with Crippen LogP contribution in [0.2, 0.25) is 0 Å². The number of halogens is 3. The van der Waals surface area contributed by atoms with Crippen molar-refractivity contribution in [1.29, 1.82) is 0 Å². The molecule has 2 aromatic carbocycles. The Morgan fingerprint density at radius 1 is 1.00 bits per heavy atom.